The largest absolute Gasteiger partial charge is 0.486 e. The molecular formula is C13H13NO3. The van der Waals surface area contributed by atoms with Gasteiger partial charge in [0.25, 0.3) is 0 Å². The molecule has 0 aromatic heterocycles. The van der Waals surface area contributed by atoms with Gasteiger partial charge in [-0.05, 0) is 37.0 Å². The molecule has 0 spiro atoms. The van der Waals surface area contributed by atoms with E-state index in [-0.39, 0.29) is 5.54 Å². The first kappa shape index (κ1) is 10.4. The molecule has 0 unspecified atom stereocenters. The fourth-order valence-corrected chi connectivity index (χ4v) is 2.40. The van der Waals surface area contributed by atoms with Gasteiger partial charge >= 0.3 is 0 Å². The molecule has 1 fully saturated rings. The van der Waals surface area contributed by atoms with E-state index in [4.69, 9.17) is 9.47 Å². The molecule has 1 aromatic carbocycles. The average Bonchev–Trinajstić information content (AvgIpc) is 2.33. The van der Waals surface area contributed by atoms with Crippen molar-refractivity contribution >= 4 is 6.08 Å². The first-order chi connectivity index (χ1) is 8.34. The molecule has 1 heterocycles. The van der Waals surface area contributed by atoms with Crippen molar-refractivity contribution in [1.82, 2.24) is 0 Å². The van der Waals surface area contributed by atoms with Crippen LogP contribution in [0.3, 0.4) is 0 Å². The zero-order valence-electron chi connectivity index (χ0n) is 9.44. The van der Waals surface area contributed by atoms with E-state index in [1.807, 2.05) is 18.2 Å². The van der Waals surface area contributed by atoms with E-state index in [1.54, 1.807) is 6.08 Å². The molecule has 0 radical (unpaired) electrons. The third-order valence-corrected chi connectivity index (χ3v) is 3.52. The Hall–Kier alpha value is -1.80. The van der Waals surface area contributed by atoms with Crippen molar-refractivity contribution in [1.29, 1.82) is 0 Å². The molecule has 1 aliphatic carbocycles. The molecule has 0 saturated heterocycles. The smallest absolute Gasteiger partial charge is 0.235 e. The summed E-state index contributed by atoms with van der Waals surface area (Å²) in [4.78, 5) is 14.5. The molecule has 4 heteroatoms. The van der Waals surface area contributed by atoms with Crippen LogP contribution in [0.5, 0.6) is 11.5 Å². The zero-order chi connectivity index (χ0) is 11.7. The van der Waals surface area contributed by atoms with E-state index in [9.17, 15) is 4.79 Å². The number of hydrogen-bond donors (Lipinski definition) is 0. The highest BCUT2D eigenvalue weighted by Crippen LogP contribution is 2.46. The van der Waals surface area contributed by atoms with Gasteiger partial charge in [0.15, 0.2) is 11.5 Å². The quantitative estimate of drug-likeness (QED) is 0.579. The van der Waals surface area contributed by atoms with Crippen LogP contribution in [-0.4, -0.2) is 19.3 Å². The molecule has 1 aliphatic heterocycles. The van der Waals surface area contributed by atoms with Crippen molar-refractivity contribution in [3.63, 3.8) is 0 Å². The number of benzene rings is 1. The normalized spacial score (nSPS) is 20.0. The monoisotopic (exact) mass is 231 g/mol. The number of rotatable bonds is 2. The van der Waals surface area contributed by atoms with Gasteiger partial charge in [0.05, 0.1) is 5.54 Å². The highest BCUT2D eigenvalue weighted by molar-refractivity contribution is 5.48. The van der Waals surface area contributed by atoms with E-state index in [0.717, 1.165) is 36.3 Å². The summed E-state index contributed by atoms with van der Waals surface area (Å²) < 4.78 is 11.0. The first-order valence-electron chi connectivity index (χ1n) is 5.83. The number of hydrogen-bond acceptors (Lipinski definition) is 4. The summed E-state index contributed by atoms with van der Waals surface area (Å²) in [6.45, 7) is 1.16. The van der Waals surface area contributed by atoms with Crippen LogP contribution in [0, 0.1) is 0 Å². The van der Waals surface area contributed by atoms with E-state index >= 15 is 0 Å². The van der Waals surface area contributed by atoms with E-state index in [2.05, 4.69) is 4.99 Å². The summed E-state index contributed by atoms with van der Waals surface area (Å²) in [5.74, 6) is 1.52. The van der Waals surface area contributed by atoms with Crippen molar-refractivity contribution in [3.05, 3.63) is 23.8 Å². The summed E-state index contributed by atoms with van der Waals surface area (Å²) in [5, 5.41) is 0. The Balaban J connectivity index is 2.00. The van der Waals surface area contributed by atoms with Crippen LogP contribution in [0.2, 0.25) is 0 Å². The van der Waals surface area contributed by atoms with Gasteiger partial charge in [-0.15, -0.1) is 0 Å². The summed E-state index contributed by atoms with van der Waals surface area (Å²) in [6.07, 6.45) is 4.60. The standard InChI is InChI=1S/C13H13NO3/c15-9-14-13(4-1-5-13)10-2-3-11-12(8-10)17-7-6-16-11/h2-3,8H,1,4-7H2. The van der Waals surface area contributed by atoms with Gasteiger partial charge in [-0.25, -0.2) is 4.79 Å². The average molecular weight is 231 g/mol. The molecule has 0 N–H and O–H groups in total. The molecular weight excluding hydrogens is 218 g/mol. The Morgan fingerprint density at radius 3 is 2.59 bits per heavy atom. The Labute approximate surface area is 99.3 Å². The lowest BCUT2D eigenvalue weighted by molar-refractivity contribution is 0.170. The SMILES string of the molecule is O=C=NC1(c2ccc3c(c2)OCCO3)CCC1. The molecule has 3 rings (SSSR count). The summed E-state index contributed by atoms with van der Waals surface area (Å²) >= 11 is 0. The van der Waals surface area contributed by atoms with Gasteiger partial charge in [-0.2, -0.15) is 4.99 Å². The molecule has 0 atom stereocenters. The molecule has 1 aromatic rings. The van der Waals surface area contributed by atoms with Crippen LogP contribution in [-0.2, 0) is 10.3 Å². The summed E-state index contributed by atoms with van der Waals surface area (Å²) in [5.41, 5.74) is 0.661. The molecule has 4 nitrogen and oxygen atoms in total. The molecule has 1 saturated carbocycles. The van der Waals surface area contributed by atoms with Crippen molar-refractivity contribution in [2.75, 3.05) is 13.2 Å². The lowest BCUT2D eigenvalue weighted by Gasteiger charge is -2.37. The number of aliphatic imine (C=N–C) groups is 1. The second-order valence-corrected chi connectivity index (χ2v) is 4.45. The van der Waals surface area contributed by atoms with Crippen LogP contribution < -0.4 is 9.47 Å². The van der Waals surface area contributed by atoms with Crippen molar-refractivity contribution < 1.29 is 14.3 Å². The highest BCUT2D eigenvalue weighted by atomic mass is 16.6. The number of nitrogens with zero attached hydrogens (tertiary/aromatic N) is 1. The minimum Gasteiger partial charge on any atom is -0.486 e. The fraction of sp³-hybridized carbons (Fsp3) is 0.462. The molecule has 0 amide bonds. The van der Waals surface area contributed by atoms with Gasteiger partial charge in [0.1, 0.15) is 13.2 Å². The maximum absolute atomic E-state index is 10.5. The third kappa shape index (κ3) is 1.61. The van der Waals surface area contributed by atoms with Crippen LogP contribution >= 0.6 is 0 Å². The predicted molar refractivity (Wildman–Crippen MR) is 61.1 cm³/mol. The van der Waals surface area contributed by atoms with Crippen LogP contribution in [0.4, 0.5) is 0 Å². The number of fused-ring (bicyclic) bond motifs is 1. The maximum atomic E-state index is 10.5. The lowest BCUT2D eigenvalue weighted by Crippen LogP contribution is -2.32. The summed E-state index contributed by atoms with van der Waals surface area (Å²) in [7, 11) is 0. The first-order valence-corrected chi connectivity index (χ1v) is 5.83. The van der Waals surface area contributed by atoms with Crippen LogP contribution in [0.1, 0.15) is 24.8 Å². The minimum absolute atomic E-state index is 0.364. The van der Waals surface area contributed by atoms with Gasteiger partial charge in [-0.3, -0.25) is 0 Å². The van der Waals surface area contributed by atoms with E-state index in [0.29, 0.717) is 13.2 Å². The number of isocyanates is 1. The zero-order valence-corrected chi connectivity index (χ0v) is 9.44. The van der Waals surface area contributed by atoms with Gasteiger partial charge < -0.3 is 9.47 Å². The van der Waals surface area contributed by atoms with Crippen molar-refractivity contribution in [3.8, 4) is 11.5 Å². The second kappa shape index (κ2) is 3.90. The second-order valence-electron chi connectivity index (χ2n) is 4.45. The molecule has 17 heavy (non-hydrogen) atoms. The maximum Gasteiger partial charge on any atom is 0.235 e. The Morgan fingerprint density at radius 2 is 1.94 bits per heavy atom. The Kier molecular flexibility index (Phi) is 2.37. The summed E-state index contributed by atoms with van der Waals surface area (Å²) in [6, 6.07) is 5.80. The van der Waals surface area contributed by atoms with Gasteiger partial charge in [-0.1, -0.05) is 6.07 Å². The fourth-order valence-electron chi connectivity index (χ4n) is 2.40. The van der Waals surface area contributed by atoms with Gasteiger partial charge in [0, 0.05) is 0 Å². The van der Waals surface area contributed by atoms with Crippen LogP contribution in [0.15, 0.2) is 23.2 Å². The highest BCUT2D eigenvalue weighted by Gasteiger charge is 2.39. The molecule has 0 bridgehead atoms. The molecule has 88 valence electrons. The lowest BCUT2D eigenvalue weighted by atomic mass is 9.72. The van der Waals surface area contributed by atoms with E-state index in [1.165, 1.54) is 0 Å². The third-order valence-electron chi connectivity index (χ3n) is 3.52. The number of carbonyl (C=O) groups excluding carboxylic acids is 1. The topological polar surface area (TPSA) is 47.9 Å². The van der Waals surface area contributed by atoms with Crippen molar-refractivity contribution in [2.45, 2.75) is 24.8 Å². The Bertz CT molecular complexity index is 487. The molecule has 2 aliphatic rings. The predicted octanol–water partition coefficient (Wildman–Crippen LogP) is 2.17. The number of ether oxygens (including phenoxy) is 2. The van der Waals surface area contributed by atoms with Crippen molar-refractivity contribution in [2.24, 2.45) is 4.99 Å². The Morgan fingerprint density at radius 1 is 1.18 bits per heavy atom. The van der Waals surface area contributed by atoms with Crippen LogP contribution in [0.25, 0.3) is 0 Å². The van der Waals surface area contributed by atoms with E-state index < -0.39 is 0 Å². The van der Waals surface area contributed by atoms with Gasteiger partial charge in [0.2, 0.25) is 6.08 Å². The minimum atomic E-state index is -0.364.